The lowest BCUT2D eigenvalue weighted by Gasteiger charge is -2.12. The van der Waals surface area contributed by atoms with Gasteiger partial charge in [0.05, 0.1) is 15.7 Å². The van der Waals surface area contributed by atoms with Crippen LogP contribution in [0.5, 0.6) is 5.75 Å². The second-order valence-corrected chi connectivity index (χ2v) is 8.39. The molecule has 0 bridgehead atoms. The van der Waals surface area contributed by atoms with Gasteiger partial charge in [-0.15, -0.1) is 0 Å². The maximum absolute atomic E-state index is 13.4. The van der Waals surface area contributed by atoms with E-state index in [9.17, 15) is 18.0 Å². The van der Waals surface area contributed by atoms with Gasteiger partial charge in [0.15, 0.2) is 5.69 Å². The highest BCUT2D eigenvalue weighted by atomic mass is 35.5. The third kappa shape index (κ3) is 5.78. The fourth-order valence-corrected chi connectivity index (χ4v) is 3.98. The lowest BCUT2D eigenvalue weighted by atomic mass is 10.1. The minimum Gasteiger partial charge on any atom is -0.487 e. The van der Waals surface area contributed by atoms with Gasteiger partial charge in [-0.2, -0.15) is 18.3 Å². The average Bonchev–Trinajstić information content (AvgIpc) is 3.22. The van der Waals surface area contributed by atoms with Crippen LogP contribution in [-0.2, 0) is 17.6 Å². The molecule has 0 spiro atoms. The standard InChI is InChI=1S/C25H18Cl2F3N3O2/c1-15(34)31-18-5-2-4-17(12-18)16-8-10-20(11-9-16)35-14-19-13-23(25(28,29)30)32-33(19)24-21(26)6-3-7-22(24)27/h2-13H,14H2,1H3,(H,31,34). The predicted octanol–water partition coefficient (Wildman–Crippen LogP) is 7.40. The molecule has 0 aliphatic rings. The number of halogens is 5. The quantitative estimate of drug-likeness (QED) is 0.288. The number of nitrogens with zero attached hydrogens (tertiary/aromatic N) is 2. The molecule has 1 aromatic heterocycles. The summed E-state index contributed by atoms with van der Waals surface area (Å²) in [5.74, 6) is 0.273. The molecule has 35 heavy (non-hydrogen) atoms. The van der Waals surface area contributed by atoms with Crippen LogP contribution in [0.3, 0.4) is 0 Å². The maximum Gasteiger partial charge on any atom is 0.435 e. The zero-order valence-corrected chi connectivity index (χ0v) is 19.7. The van der Waals surface area contributed by atoms with Gasteiger partial charge in [-0.1, -0.05) is 53.5 Å². The van der Waals surface area contributed by atoms with E-state index in [2.05, 4.69) is 10.4 Å². The molecule has 0 atom stereocenters. The Hall–Kier alpha value is -3.49. The normalized spacial score (nSPS) is 11.4. The molecule has 3 aromatic carbocycles. The summed E-state index contributed by atoms with van der Waals surface area (Å²) in [7, 11) is 0. The third-order valence-electron chi connectivity index (χ3n) is 4.98. The van der Waals surface area contributed by atoms with Crippen molar-refractivity contribution >= 4 is 34.8 Å². The summed E-state index contributed by atoms with van der Waals surface area (Å²) in [6.45, 7) is 1.23. The second-order valence-electron chi connectivity index (χ2n) is 7.58. The molecule has 0 aliphatic carbocycles. The molecular weight excluding hydrogens is 502 g/mol. The smallest absolute Gasteiger partial charge is 0.435 e. The van der Waals surface area contributed by atoms with E-state index in [0.717, 1.165) is 21.9 Å². The highest BCUT2D eigenvalue weighted by molar-refractivity contribution is 6.37. The van der Waals surface area contributed by atoms with E-state index >= 15 is 0 Å². The largest absolute Gasteiger partial charge is 0.487 e. The lowest BCUT2D eigenvalue weighted by molar-refractivity contribution is -0.141. The van der Waals surface area contributed by atoms with E-state index in [0.29, 0.717) is 11.4 Å². The highest BCUT2D eigenvalue weighted by Crippen LogP contribution is 2.34. The summed E-state index contributed by atoms with van der Waals surface area (Å²) >= 11 is 12.4. The molecule has 0 aliphatic heterocycles. The molecule has 4 rings (SSSR count). The Morgan fingerprint density at radius 2 is 1.63 bits per heavy atom. The van der Waals surface area contributed by atoms with Crippen LogP contribution in [-0.4, -0.2) is 15.7 Å². The Morgan fingerprint density at radius 3 is 2.26 bits per heavy atom. The van der Waals surface area contributed by atoms with Gasteiger partial charge in [-0.25, -0.2) is 4.68 Å². The molecule has 4 aromatic rings. The molecule has 180 valence electrons. The molecule has 10 heteroatoms. The first kappa shape index (κ1) is 24.6. The van der Waals surface area contributed by atoms with Crippen LogP contribution in [0.15, 0.2) is 72.8 Å². The van der Waals surface area contributed by atoms with Crippen molar-refractivity contribution in [1.82, 2.24) is 9.78 Å². The van der Waals surface area contributed by atoms with Gasteiger partial charge in [0, 0.05) is 12.6 Å². The number of alkyl halides is 3. The molecule has 5 nitrogen and oxygen atoms in total. The molecule has 1 N–H and O–H groups in total. The Bertz CT molecular complexity index is 1350. The monoisotopic (exact) mass is 519 g/mol. The van der Waals surface area contributed by atoms with Crippen LogP contribution >= 0.6 is 23.2 Å². The van der Waals surface area contributed by atoms with E-state index < -0.39 is 11.9 Å². The van der Waals surface area contributed by atoms with Crippen molar-refractivity contribution in [2.24, 2.45) is 0 Å². The summed E-state index contributed by atoms with van der Waals surface area (Å²) in [5, 5.41) is 6.72. The van der Waals surface area contributed by atoms with Gasteiger partial charge < -0.3 is 10.1 Å². The number of carbonyl (C=O) groups is 1. The van der Waals surface area contributed by atoms with Crippen LogP contribution in [0, 0.1) is 0 Å². The summed E-state index contributed by atoms with van der Waals surface area (Å²) in [6, 6.07) is 19.9. The molecule has 0 saturated heterocycles. The predicted molar refractivity (Wildman–Crippen MR) is 129 cm³/mol. The number of para-hydroxylation sites is 1. The van der Waals surface area contributed by atoms with Crippen molar-refractivity contribution in [2.45, 2.75) is 19.7 Å². The van der Waals surface area contributed by atoms with Gasteiger partial charge in [-0.05, 0) is 53.6 Å². The third-order valence-corrected chi connectivity index (χ3v) is 5.59. The molecule has 0 radical (unpaired) electrons. The van der Waals surface area contributed by atoms with Crippen LogP contribution in [0.2, 0.25) is 10.0 Å². The Balaban J connectivity index is 1.57. The Labute approximate surface area is 209 Å². The minimum absolute atomic E-state index is 0.124. The van der Waals surface area contributed by atoms with Crippen molar-refractivity contribution in [3.8, 4) is 22.6 Å². The second kappa shape index (κ2) is 10.0. The number of ether oxygens (including phenoxy) is 1. The van der Waals surface area contributed by atoms with Crippen molar-refractivity contribution < 1.29 is 22.7 Å². The zero-order valence-electron chi connectivity index (χ0n) is 18.2. The van der Waals surface area contributed by atoms with E-state index in [4.69, 9.17) is 27.9 Å². The molecule has 1 amide bonds. The first-order chi connectivity index (χ1) is 16.6. The number of aromatic nitrogens is 2. The first-order valence-electron chi connectivity index (χ1n) is 10.3. The van der Waals surface area contributed by atoms with Gasteiger partial charge in [0.1, 0.15) is 18.0 Å². The molecular formula is C25H18Cl2F3N3O2. The van der Waals surface area contributed by atoms with Gasteiger partial charge in [0.25, 0.3) is 0 Å². The summed E-state index contributed by atoms with van der Waals surface area (Å²) in [4.78, 5) is 11.3. The number of amides is 1. The molecule has 0 unspecified atom stereocenters. The number of nitrogens with one attached hydrogen (secondary N) is 1. The molecule has 0 fully saturated rings. The Morgan fingerprint density at radius 1 is 0.971 bits per heavy atom. The van der Waals surface area contributed by atoms with Crippen molar-refractivity contribution in [2.75, 3.05) is 5.32 Å². The Kier molecular flexibility index (Phi) is 7.05. The van der Waals surface area contributed by atoms with E-state index in [1.54, 1.807) is 24.3 Å². The fourth-order valence-electron chi connectivity index (χ4n) is 3.43. The van der Waals surface area contributed by atoms with Crippen molar-refractivity contribution in [3.63, 3.8) is 0 Å². The number of rotatable bonds is 6. The zero-order chi connectivity index (χ0) is 25.2. The van der Waals surface area contributed by atoms with Crippen LogP contribution in [0.4, 0.5) is 18.9 Å². The maximum atomic E-state index is 13.4. The number of hydrogen-bond acceptors (Lipinski definition) is 3. The minimum atomic E-state index is -4.65. The molecule has 0 saturated carbocycles. The van der Waals surface area contributed by atoms with Gasteiger partial charge in [0.2, 0.25) is 5.91 Å². The fraction of sp³-hybridized carbons (Fsp3) is 0.120. The number of anilines is 1. The van der Waals surface area contributed by atoms with Crippen LogP contribution in [0.25, 0.3) is 16.8 Å². The lowest BCUT2D eigenvalue weighted by Crippen LogP contribution is -2.09. The summed E-state index contributed by atoms with van der Waals surface area (Å²) < 4.78 is 46.9. The van der Waals surface area contributed by atoms with Gasteiger partial charge in [-0.3, -0.25) is 4.79 Å². The summed E-state index contributed by atoms with van der Waals surface area (Å²) in [6.07, 6.45) is -4.65. The van der Waals surface area contributed by atoms with E-state index in [1.807, 2.05) is 30.3 Å². The number of benzene rings is 3. The average molecular weight is 520 g/mol. The first-order valence-corrected chi connectivity index (χ1v) is 11.1. The van der Waals surface area contributed by atoms with Gasteiger partial charge >= 0.3 is 6.18 Å². The number of hydrogen-bond donors (Lipinski definition) is 1. The van der Waals surface area contributed by atoms with Crippen LogP contribution < -0.4 is 10.1 Å². The van der Waals surface area contributed by atoms with E-state index in [-0.39, 0.29) is 33.9 Å². The van der Waals surface area contributed by atoms with Crippen LogP contribution in [0.1, 0.15) is 18.3 Å². The number of carbonyl (C=O) groups excluding carboxylic acids is 1. The van der Waals surface area contributed by atoms with Crippen molar-refractivity contribution in [3.05, 3.63) is 94.2 Å². The summed E-state index contributed by atoms with van der Waals surface area (Å²) in [5.41, 5.74) is 1.60. The van der Waals surface area contributed by atoms with Crippen molar-refractivity contribution in [1.29, 1.82) is 0 Å². The topological polar surface area (TPSA) is 56.1 Å². The molecule has 1 heterocycles. The van der Waals surface area contributed by atoms with E-state index in [1.165, 1.54) is 19.1 Å². The highest BCUT2D eigenvalue weighted by Gasteiger charge is 2.35. The SMILES string of the molecule is CC(=O)Nc1cccc(-c2ccc(OCc3cc(C(F)(F)F)nn3-c3c(Cl)cccc3Cl)cc2)c1.